The first-order chi connectivity index (χ1) is 11.5. The van der Waals surface area contributed by atoms with E-state index in [1.807, 2.05) is 0 Å². The molecule has 4 rings (SSSR count). The van der Waals surface area contributed by atoms with Gasteiger partial charge in [-0.25, -0.2) is 8.42 Å². The number of benzene rings is 1. The monoisotopic (exact) mass is 346 g/mol. The lowest BCUT2D eigenvalue weighted by Crippen LogP contribution is -2.23. The molecule has 7 nitrogen and oxygen atoms in total. The van der Waals surface area contributed by atoms with Crippen molar-refractivity contribution in [1.82, 2.24) is 9.78 Å². The second-order valence-corrected chi connectivity index (χ2v) is 7.87. The van der Waals surface area contributed by atoms with Crippen molar-refractivity contribution in [2.24, 2.45) is 0 Å². The fourth-order valence-corrected chi connectivity index (χ4v) is 3.90. The van der Waals surface area contributed by atoms with Crippen LogP contribution in [0.15, 0.2) is 41.6 Å². The highest BCUT2D eigenvalue weighted by atomic mass is 32.2. The zero-order valence-corrected chi connectivity index (χ0v) is 13.9. The van der Waals surface area contributed by atoms with E-state index in [0.717, 1.165) is 24.9 Å². The minimum absolute atomic E-state index is 0.0798. The molecule has 0 bridgehead atoms. The smallest absolute Gasteiger partial charge is 0.261 e. The molecule has 0 radical (unpaired) electrons. The highest BCUT2D eigenvalue weighted by Gasteiger charge is 2.25. The quantitative estimate of drug-likeness (QED) is 0.899. The Morgan fingerprint density at radius 2 is 1.92 bits per heavy atom. The highest BCUT2D eigenvalue weighted by Crippen LogP contribution is 2.34. The van der Waals surface area contributed by atoms with E-state index < -0.39 is 10.0 Å². The Hall–Kier alpha value is -2.35. The van der Waals surface area contributed by atoms with E-state index in [1.54, 1.807) is 27.9 Å². The van der Waals surface area contributed by atoms with Gasteiger partial charge in [0.15, 0.2) is 0 Å². The fraction of sp³-hybridized carbons (Fsp3) is 0.375. The van der Waals surface area contributed by atoms with Gasteiger partial charge in [-0.05, 0) is 43.5 Å². The summed E-state index contributed by atoms with van der Waals surface area (Å²) in [6.45, 7) is 0.684. The molecule has 1 N–H and O–H groups in total. The highest BCUT2D eigenvalue weighted by molar-refractivity contribution is 7.92. The Bertz CT molecular complexity index is 869. The van der Waals surface area contributed by atoms with Gasteiger partial charge in [0.2, 0.25) is 5.91 Å². The number of amides is 1. The van der Waals surface area contributed by atoms with Crippen LogP contribution in [0.3, 0.4) is 0 Å². The Balaban J connectivity index is 1.51. The first-order valence-corrected chi connectivity index (χ1v) is 9.49. The molecule has 2 aliphatic rings. The molecule has 126 valence electrons. The Kier molecular flexibility index (Phi) is 3.56. The molecular weight excluding hydrogens is 328 g/mol. The van der Waals surface area contributed by atoms with Crippen LogP contribution in [-0.2, 0) is 14.8 Å². The van der Waals surface area contributed by atoms with Gasteiger partial charge in [-0.1, -0.05) is 0 Å². The SMILES string of the molecule is O=C1CCCN1c1ccc(S(=O)(=O)Nc2cnn(C3CC3)c2)cc1. The third kappa shape index (κ3) is 2.89. The molecule has 1 saturated carbocycles. The van der Waals surface area contributed by atoms with Gasteiger partial charge in [0.1, 0.15) is 0 Å². The molecule has 1 aromatic heterocycles. The van der Waals surface area contributed by atoms with E-state index in [2.05, 4.69) is 9.82 Å². The summed E-state index contributed by atoms with van der Waals surface area (Å²) in [6, 6.07) is 6.79. The predicted octanol–water partition coefficient (Wildman–Crippen LogP) is 2.15. The third-order valence-corrected chi connectivity index (χ3v) is 5.70. The number of aromatic nitrogens is 2. The minimum atomic E-state index is -3.67. The lowest BCUT2D eigenvalue weighted by molar-refractivity contribution is -0.117. The molecule has 1 aliphatic heterocycles. The van der Waals surface area contributed by atoms with Crippen molar-refractivity contribution < 1.29 is 13.2 Å². The van der Waals surface area contributed by atoms with Crippen LogP contribution >= 0.6 is 0 Å². The first-order valence-electron chi connectivity index (χ1n) is 8.00. The molecule has 0 spiro atoms. The first kappa shape index (κ1) is 15.2. The molecule has 8 heteroatoms. The maximum absolute atomic E-state index is 12.5. The largest absolute Gasteiger partial charge is 0.312 e. The van der Waals surface area contributed by atoms with Gasteiger partial charge in [-0.3, -0.25) is 14.2 Å². The van der Waals surface area contributed by atoms with Crippen LogP contribution in [0.5, 0.6) is 0 Å². The van der Waals surface area contributed by atoms with Crippen LogP contribution in [-0.4, -0.2) is 30.7 Å². The third-order valence-electron chi connectivity index (χ3n) is 4.31. The number of carbonyl (C=O) groups excluding carboxylic acids is 1. The zero-order chi connectivity index (χ0) is 16.7. The van der Waals surface area contributed by atoms with Crippen LogP contribution in [0.25, 0.3) is 0 Å². The van der Waals surface area contributed by atoms with Crippen molar-refractivity contribution in [2.45, 2.75) is 36.6 Å². The van der Waals surface area contributed by atoms with Crippen LogP contribution in [0.4, 0.5) is 11.4 Å². The number of rotatable bonds is 5. The molecule has 2 heterocycles. The number of carbonyl (C=O) groups is 1. The van der Waals surface area contributed by atoms with E-state index in [9.17, 15) is 13.2 Å². The summed E-state index contributed by atoms with van der Waals surface area (Å²) in [4.78, 5) is 13.6. The van der Waals surface area contributed by atoms with Gasteiger partial charge in [0.05, 0.1) is 22.8 Å². The molecule has 2 aromatic rings. The summed E-state index contributed by atoms with van der Waals surface area (Å²) < 4.78 is 29.3. The van der Waals surface area contributed by atoms with E-state index in [-0.39, 0.29) is 10.8 Å². The number of nitrogens with one attached hydrogen (secondary N) is 1. The van der Waals surface area contributed by atoms with Crippen molar-refractivity contribution in [3.05, 3.63) is 36.7 Å². The lowest BCUT2D eigenvalue weighted by Gasteiger charge is -2.16. The van der Waals surface area contributed by atoms with Crippen molar-refractivity contribution >= 4 is 27.3 Å². The van der Waals surface area contributed by atoms with Crippen LogP contribution < -0.4 is 9.62 Å². The van der Waals surface area contributed by atoms with Gasteiger partial charge >= 0.3 is 0 Å². The molecule has 1 amide bonds. The van der Waals surface area contributed by atoms with Gasteiger partial charge < -0.3 is 4.90 Å². The van der Waals surface area contributed by atoms with E-state index in [1.165, 1.54) is 18.3 Å². The van der Waals surface area contributed by atoms with Crippen molar-refractivity contribution in [2.75, 3.05) is 16.2 Å². The molecule has 1 aliphatic carbocycles. The molecule has 0 unspecified atom stereocenters. The average Bonchev–Trinajstić information content (AvgIpc) is 3.17. The van der Waals surface area contributed by atoms with Gasteiger partial charge in [0.25, 0.3) is 10.0 Å². The van der Waals surface area contributed by atoms with Gasteiger partial charge in [-0.2, -0.15) is 5.10 Å². The molecule has 2 fully saturated rings. The van der Waals surface area contributed by atoms with Crippen LogP contribution in [0.2, 0.25) is 0 Å². The summed E-state index contributed by atoms with van der Waals surface area (Å²) in [6.07, 6.45) is 6.80. The molecule has 24 heavy (non-hydrogen) atoms. The van der Waals surface area contributed by atoms with Crippen molar-refractivity contribution in [3.8, 4) is 0 Å². The average molecular weight is 346 g/mol. The fourth-order valence-electron chi connectivity index (χ4n) is 2.87. The summed E-state index contributed by atoms with van der Waals surface area (Å²) in [5, 5.41) is 4.18. The molecule has 1 saturated heterocycles. The lowest BCUT2D eigenvalue weighted by atomic mass is 10.3. The summed E-state index contributed by atoms with van der Waals surface area (Å²) in [5.74, 6) is 0.0798. The van der Waals surface area contributed by atoms with E-state index >= 15 is 0 Å². The number of hydrogen-bond donors (Lipinski definition) is 1. The Morgan fingerprint density at radius 3 is 2.54 bits per heavy atom. The van der Waals surface area contributed by atoms with Crippen molar-refractivity contribution in [3.63, 3.8) is 0 Å². The molecular formula is C16H18N4O3S. The number of hydrogen-bond acceptors (Lipinski definition) is 4. The second-order valence-electron chi connectivity index (χ2n) is 6.19. The Labute approximate surface area is 140 Å². The summed E-state index contributed by atoms with van der Waals surface area (Å²) in [5.41, 5.74) is 1.19. The second kappa shape index (κ2) is 5.62. The van der Waals surface area contributed by atoms with Crippen molar-refractivity contribution in [1.29, 1.82) is 0 Å². The van der Waals surface area contributed by atoms with Gasteiger partial charge in [0, 0.05) is 24.8 Å². The number of sulfonamides is 1. The summed E-state index contributed by atoms with van der Waals surface area (Å²) in [7, 11) is -3.67. The van der Waals surface area contributed by atoms with Crippen LogP contribution in [0, 0.1) is 0 Å². The number of anilines is 2. The zero-order valence-electron chi connectivity index (χ0n) is 13.1. The molecule has 1 aromatic carbocycles. The van der Waals surface area contributed by atoms with E-state index in [0.29, 0.717) is 24.7 Å². The van der Waals surface area contributed by atoms with E-state index in [4.69, 9.17) is 0 Å². The maximum atomic E-state index is 12.5. The Morgan fingerprint density at radius 1 is 1.17 bits per heavy atom. The van der Waals surface area contributed by atoms with Gasteiger partial charge in [-0.15, -0.1) is 0 Å². The predicted molar refractivity (Wildman–Crippen MR) is 89.3 cm³/mol. The molecule has 0 atom stereocenters. The minimum Gasteiger partial charge on any atom is -0.312 e. The standard InChI is InChI=1S/C16H18N4O3S/c21-16-2-1-9-19(16)13-5-7-15(8-6-13)24(22,23)18-12-10-17-20(11-12)14-3-4-14/h5-8,10-11,14,18H,1-4,9H2. The van der Waals surface area contributed by atoms with Crippen LogP contribution in [0.1, 0.15) is 31.7 Å². The summed E-state index contributed by atoms with van der Waals surface area (Å²) >= 11 is 0. The number of nitrogens with zero attached hydrogens (tertiary/aromatic N) is 3. The normalized spacial score (nSPS) is 18.2. The maximum Gasteiger partial charge on any atom is 0.261 e. The topological polar surface area (TPSA) is 84.3 Å².